The molecule has 0 aliphatic rings. The van der Waals surface area contributed by atoms with Gasteiger partial charge in [0.05, 0.1) is 17.4 Å². The second kappa shape index (κ2) is 7.00. The lowest BCUT2D eigenvalue weighted by Crippen LogP contribution is -2.41. The molecule has 1 aromatic carbocycles. The molecule has 0 bridgehead atoms. The number of aliphatic hydroxyl groups is 1. The van der Waals surface area contributed by atoms with Crippen molar-refractivity contribution in [3.05, 3.63) is 35.4 Å². The predicted molar refractivity (Wildman–Crippen MR) is 70.0 cm³/mol. The van der Waals surface area contributed by atoms with Crippen LogP contribution in [0.5, 0.6) is 0 Å². The number of nitriles is 1. The van der Waals surface area contributed by atoms with Gasteiger partial charge in [-0.2, -0.15) is 5.26 Å². The number of rotatable bonds is 7. The molecule has 20 heavy (non-hydrogen) atoms. The number of aliphatic carboxylic acids is 1. The minimum Gasteiger partial charge on any atom is -0.480 e. The minimum atomic E-state index is -3.85. The van der Waals surface area contributed by atoms with E-state index < -0.39 is 34.4 Å². The van der Waals surface area contributed by atoms with Crippen molar-refractivity contribution >= 4 is 16.0 Å². The highest BCUT2D eigenvalue weighted by molar-refractivity contribution is 7.88. The zero-order valence-electron chi connectivity index (χ0n) is 10.5. The normalized spacial score (nSPS) is 12.6. The van der Waals surface area contributed by atoms with Gasteiger partial charge in [0.15, 0.2) is 0 Å². The maximum absolute atomic E-state index is 11.8. The van der Waals surface area contributed by atoms with E-state index in [1.165, 1.54) is 24.3 Å². The summed E-state index contributed by atoms with van der Waals surface area (Å²) in [6, 6.07) is 6.48. The Morgan fingerprint density at radius 3 is 2.40 bits per heavy atom. The van der Waals surface area contributed by atoms with Crippen LogP contribution in [0.15, 0.2) is 24.3 Å². The van der Waals surface area contributed by atoms with Crippen LogP contribution >= 0.6 is 0 Å². The van der Waals surface area contributed by atoms with Crippen LogP contribution < -0.4 is 4.72 Å². The zero-order valence-corrected chi connectivity index (χ0v) is 11.3. The highest BCUT2D eigenvalue weighted by Gasteiger charge is 2.23. The van der Waals surface area contributed by atoms with Gasteiger partial charge in [-0.15, -0.1) is 0 Å². The number of nitrogens with zero attached hydrogens (tertiary/aromatic N) is 1. The highest BCUT2D eigenvalue weighted by atomic mass is 32.2. The van der Waals surface area contributed by atoms with Crippen molar-refractivity contribution in [2.75, 3.05) is 6.61 Å². The predicted octanol–water partition coefficient (Wildman–Crippen LogP) is -0.187. The van der Waals surface area contributed by atoms with Gasteiger partial charge in [-0.1, -0.05) is 12.1 Å². The van der Waals surface area contributed by atoms with Crippen molar-refractivity contribution in [2.45, 2.75) is 18.2 Å². The first-order valence-corrected chi connectivity index (χ1v) is 7.36. The fourth-order valence-corrected chi connectivity index (χ4v) is 2.88. The maximum Gasteiger partial charge on any atom is 0.321 e. The van der Waals surface area contributed by atoms with Crippen molar-refractivity contribution < 1.29 is 23.4 Å². The molecule has 1 unspecified atom stereocenters. The van der Waals surface area contributed by atoms with Crippen LogP contribution in [-0.4, -0.2) is 37.2 Å². The molecule has 1 aromatic rings. The Hall–Kier alpha value is -1.95. The molecule has 0 aromatic heterocycles. The Kier molecular flexibility index (Phi) is 5.64. The van der Waals surface area contributed by atoms with Crippen LogP contribution in [0.1, 0.15) is 17.5 Å². The summed E-state index contributed by atoms with van der Waals surface area (Å²) in [5.41, 5.74) is 0.840. The number of hydrogen-bond acceptors (Lipinski definition) is 5. The summed E-state index contributed by atoms with van der Waals surface area (Å²) < 4.78 is 25.7. The van der Waals surface area contributed by atoms with Crippen LogP contribution in [0.3, 0.4) is 0 Å². The molecule has 0 aliphatic heterocycles. The SMILES string of the molecule is N#Cc1ccc(CS(=O)(=O)NC(CCO)C(=O)O)cc1. The summed E-state index contributed by atoms with van der Waals surface area (Å²) >= 11 is 0. The van der Waals surface area contributed by atoms with Crippen molar-refractivity contribution in [3.8, 4) is 6.07 Å². The van der Waals surface area contributed by atoms with Gasteiger partial charge < -0.3 is 10.2 Å². The van der Waals surface area contributed by atoms with Gasteiger partial charge in [0, 0.05) is 6.61 Å². The molecule has 0 heterocycles. The molecular weight excluding hydrogens is 284 g/mol. The fourth-order valence-electron chi connectivity index (χ4n) is 1.52. The molecule has 1 atom stereocenters. The monoisotopic (exact) mass is 298 g/mol. The first kappa shape index (κ1) is 16.1. The summed E-state index contributed by atoms with van der Waals surface area (Å²) in [7, 11) is -3.85. The van der Waals surface area contributed by atoms with Gasteiger partial charge in [-0.3, -0.25) is 4.79 Å². The summed E-state index contributed by atoms with van der Waals surface area (Å²) in [6.45, 7) is -0.434. The third-order valence-electron chi connectivity index (χ3n) is 2.48. The van der Waals surface area contributed by atoms with Gasteiger partial charge in [-0.25, -0.2) is 13.1 Å². The number of nitrogens with one attached hydrogen (secondary N) is 1. The van der Waals surface area contributed by atoms with E-state index in [2.05, 4.69) is 0 Å². The number of hydrogen-bond donors (Lipinski definition) is 3. The van der Waals surface area contributed by atoms with Crippen LogP contribution in [0.4, 0.5) is 0 Å². The van der Waals surface area contributed by atoms with Crippen molar-refractivity contribution in [2.24, 2.45) is 0 Å². The molecule has 0 radical (unpaired) electrons. The van der Waals surface area contributed by atoms with Crippen LogP contribution in [0.2, 0.25) is 0 Å². The number of carbonyl (C=O) groups is 1. The van der Waals surface area contributed by atoms with Crippen molar-refractivity contribution in [1.29, 1.82) is 5.26 Å². The van der Waals surface area contributed by atoms with E-state index in [1.807, 2.05) is 10.8 Å². The summed E-state index contributed by atoms with van der Waals surface area (Å²) in [5.74, 6) is -1.74. The van der Waals surface area contributed by atoms with E-state index in [0.29, 0.717) is 11.1 Å². The quantitative estimate of drug-likeness (QED) is 0.640. The fraction of sp³-hybridized carbons (Fsp3) is 0.333. The third-order valence-corrected chi connectivity index (χ3v) is 3.83. The van der Waals surface area contributed by atoms with Gasteiger partial charge in [0.25, 0.3) is 0 Å². The van der Waals surface area contributed by atoms with Gasteiger partial charge in [-0.05, 0) is 24.1 Å². The number of aliphatic hydroxyl groups excluding tert-OH is 1. The average molecular weight is 298 g/mol. The van der Waals surface area contributed by atoms with Gasteiger partial charge in [0.1, 0.15) is 6.04 Å². The number of carboxylic acid groups (broad SMARTS) is 1. The lowest BCUT2D eigenvalue weighted by Gasteiger charge is -2.13. The first-order valence-electron chi connectivity index (χ1n) is 5.70. The van der Waals surface area contributed by atoms with Crippen LogP contribution in [-0.2, 0) is 20.6 Å². The third kappa shape index (κ3) is 4.97. The molecule has 0 fully saturated rings. The van der Waals surface area contributed by atoms with E-state index >= 15 is 0 Å². The maximum atomic E-state index is 11.8. The smallest absolute Gasteiger partial charge is 0.321 e. The Morgan fingerprint density at radius 1 is 1.35 bits per heavy atom. The zero-order chi connectivity index (χ0) is 15.2. The number of carboxylic acids is 1. The topological polar surface area (TPSA) is 127 Å². The van der Waals surface area contributed by atoms with E-state index in [-0.39, 0.29) is 6.42 Å². The standard InChI is InChI=1S/C12H14N2O5S/c13-7-9-1-3-10(4-2-9)8-20(18,19)14-11(5-6-15)12(16)17/h1-4,11,14-15H,5-6,8H2,(H,16,17). The second-order valence-electron chi connectivity index (χ2n) is 4.09. The molecule has 3 N–H and O–H groups in total. The molecule has 8 heteroatoms. The summed E-state index contributed by atoms with van der Waals surface area (Å²) in [4.78, 5) is 10.8. The number of benzene rings is 1. The Balaban J connectivity index is 2.78. The largest absolute Gasteiger partial charge is 0.480 e. The molecule has 108 valence electrons. The van der Waals surface area contributed by atoms with E-state index in [9.17, 15) is 13.2 Å². The Bertz CT molecular complexity index is 604. The molecule has 0 saturated heterocycles. The van der Waals surface area contributed by atoms with Crippen molar-refractivity contribution in [1.82, 2.24) is 4.72 Å². The van der Waals surface area contributed by atoms with Gasteiger partial charge >= 0.3 is 5.97 Å². The summed E-state index contributed by atoms with van der Waals surface area (Å²) in [6.07, 6.45) is -0.206. The van der Waals surface area contributed by atoms with E-state index in [4.69, 9.17) is 15.5 Å². The van der Waals surface area contributed by atoms with Crippen LogP contribution in [0.25, 0.3) is 0 Å². The lowest BCUT2D eigenvalue weighted by atomic mass is 10.2. The second-order valence-corrected chi connectivity index (χ2v) is 5.84. The lowest BCUT2D eigenvalue weighted by molar-refractivity contribution is -0.139. The van der Waals surface area contributed by atoms with Gasteiger partial charge in [0.2, 0.25) is 10.0 Å². The van der Waals surface area contributed by atoms with Crippen molar-refractivity contribution in [3.63, 3.8) is 0 Å². The Morgan fingerprint density at radius 2 is 1.95 bits per heavy atom. The summed E-state index contributed by atoms with van der Waals surface area (Å²) in [5, 5.41) is 26.2. The molecule has 1 rings (SSSR count). The first-order chi connectivity index (χ1) is 9.38. The molecule has 0 saturated carbocycles. The Labute approximate surface area is 116 Å². The van der Waals surface area contributed by atoms with E-state index in [1.54, 1.807) is 0 Å². The average Bonchev–Trinajstić information content (AvgIpc) is 2.38. The van der Waals surface area contributed by atoms with Crippen LogP contribution in [0, 0.1) is 11.3 Å². The molecule has 0 aliphatic carbocycles. The molecular formula is C12H14N2O5S. The minimum absolute atomic E-state index is 0.206. The molecule has 0 amide bonds. The highest BCUT2D eigenvalue weighted by Crippen LogP contribution is 2.08. The number of sulfonamides is 1. The van der Waals surface area contributed by atoms with E-state index in [0.717, 1.165) is 0 Å². The molecule has 7 nitrogen and oxygen atoms in total. The molecule has 0 spiro atoms.